The highest BCUT2D eigenvalue weighted by molar-refractivity contribution is 7.92. The third-order valence-electron chi connectivity index (χ3n) is 5.22. The quantitative estimate of drug-likeness (QED) is 0.366. The van der Waals surface area contributed by atoms with Crippen LogP contribution < -0.4 is 10.0 Å². The average Bonchev–Trinajstić information content (AvgIpc) is 2.80. The first-order chi connectivity index (χ1) is 16.8. The maximum absolute atomic E-state index is 15.3. The molecule has 0 radical (unpaired) electrons. The molecule has 0 fully saturated rings. The van der Waals surface area contributed by atoms with Gasteiger partial charge in [0.2, 0.25) is 11.9 Å². The number of amides is 1. The van der Waals surface area contributed by atoms with Gasteiger partial charge in [-0.1, -0.05) is 32.9 Å². The van der Waals surface area contributed by atoms with Gasteiger partial charge in [-0.15, -0.1) is 0 Å². The highest BCUT2D eigenvalue weighted by Gasteiger charge is 2.23. The molecule has 0 atom stereocenters. The standard InChI is InChI=1S/C25H21F3N4O3S/c1-25(2,3)23(33)31-24-29-13-15-11-14(7-9-19(15)30-24)21-18(27)8-10-20(22(21)28)32-36(34,35)17-6-4-5-16(26)12-17/h4-13,32H,1-3H3,(H,29,30,31,33). The van der Waals surface area contributed by atoms with Crippen molar-refractivity contribution in [2.45, 2.75) is 25.7 Å². The van der Waals surface area contributed by atoms with E-state index in [-0.39, 0.29) is 17.4 Å². The number of rotatable bonds is 5. The molecule has 36 heavy (non-hydrogen) atoms. The molecular weight excluding hydrogens is 493 g/mol. The number of aromatic nitrogens is 2. The summed E-state index contributed by atoms with van der Waals surface area (Å²) in [6.07, 6.45) is 1.40. The van der Waals surface area contributed by atoms with Crippen LogP contribution in [0.25, 0.3) is 22.0 Å². The summed E-state index contributed by atoms with van der Waals surface area (Å²) in [5.41, 5.74) is -1.10. The van der Waals surface area contributed by atoms with Crippen LogP contribution in [0.4, 0.5) is 24.8 Å². The second kappa shape index (κ2) is 9.23. The minimum atomic E-state index is -4.34. The first kappa shape index (κ1) is 25.1. The monoisotopic (exact) mass is 514 g/mol. The second-order valence-corrected chi connectivity index (χ2v) is 10.7. The Labute approximate surface area is 205 Å². The molecular formula is C25H21F3N4O3S. The first-order valence-electron chi connectivity index (χ1n) is 10.7. The molecule has 0 saturated heterocycles. The van der Waals surface area contributed by atoms with Crippen LogP contribution in [0.2, 0.25) is 0 Å². The number of carbonyl (C=O) groups excluding carboxylic acids is 1. The molecule has 3 aromatic carbocycles. The molecule has 0 bridgehead atoms. The maximum atomic E-state index is 15.3. The summed E-state index contributed by atoms with van der Waals surface area (Å²) in [6.45, 7) is 5.22. The van der Waals surface area contributed by atoms with E-state index < -0.39 is 49.0 Å². The smallest absolute Gasteiger partial charge is 0.262 e. The van der Waals surface area contributed by atoms with Gasteiger partial charge in [0.1, 0.15) is 11.6 Å². The number of nitrogens with zero attached hydrogens (tertiary/aromatic N) is 2. The topological polar surface area (TPSA) is 101 Å². The number of hydrogen-bond acceptors (Lipinski definition) is 5. The third kappa shape index (κ3) is 5.15. The lowest BCUT2D eigenvalue weighted by Gasteiger charge is -2.16. The Bertz CT molecular complexity index is 1600. The number of sulfonamides is 1. The molecule has 1 heterocycles. The number of fused-ring (bicyclic) bond motifs is 1. The van der Waals surface area contributed by atoms with Crippen molar-refractivity contribution in [3.63, 3.8) is 0 Å². The zero-order valence-electron chi connectivity index (χ0n) is 19.4. The van der Waals surface area contributed by atoms with Crippen LogP contribution in [0.3, 0.4) is 0 Å². The Balaban J connectivity index is 1.69. The number of carbonyl (C=O) groups is 1. The Kier molecular flexibility index (Phi) is 6.44. The van der Waals surface area contributed by atoms with Crippen molar-refractivity contribution in [2.75, 3.05) is 10.0 Å². The van der Waals surface area contributed by atoms with E-state index in [2.05, 4.69) is 15.3 Å². The molecule has 186 valence electrons. The van der Waals surface area contributed by atoms with Gasteiger partial charge >= 0.3 is 0 Å². The van der Waals surface area contributed by atoms with Crippen LogP contribution in [-0.2, 0) is 14.8 Å². The Morgan fingerprint density at radius 3 is 2.42 bits per heavy atom. The molecule has 1 aromatic heterocycles. The first-order valence-corrected chi connectivity index (χ1v) is 12.2. The number of benzene rings is 3. The second-order valence-electron chi connectivity index (χ2n) is 9.02. The average molecular weight is 515 g/mol. The third-order valence-corrected chi connectivity index (χ3v) is 6.58. The molecule has 1 amide bonds. The highest BCUT2D eigenvalue weighted by Crippen LogP contribution is 2.33. The van der Waals surface area contributed by atoms with Gasteiger partial charge in [0.05, 0.1) is 21.7 Å². The molecule has 4 rings (SSSR count). The van der Waals surface area contributed by atoms with E-state index in [1.807, 2.05) is 4.72 Å². The van der Waals surface area contributed by atoms with E-state index in [1.54, 1.807) is 20.8 Å². The van der Waals surface area contributed by atoms with Crippen molar-refractivity contribution in [3.05, 3.63) is 78.2 Å². The SMILES string of the molecule is CC(C)(C)C(=O)Nc1ncc2cc(-c3c(F)ccc(NS(=O)(=O)c4cccc(F)c4)c3F)ccc2n1. The largest absolute Gasteiger partial charge is 0.294 e. The molecule has 11 heteroatoms. The normalized spacial score (nSPS) is 11.9. The van der Waals surface area contributed by atoms with Crippen molar-refractivity contribution < 1.29 is 26.4 Å². The molecule has 7 nitrogen and oxygen atoms in total. The lowest BCUT2D eigenvalue weighted by molar-refractivity contribution is -0.123. The lowest BCUT2D eigenvalue weighted by atomic mass is 9.96. The van der Waals surface area contributed by atoms with Crippen molar-refractivity contribution in [3.8, 4) is 11.1 Å². The molecule has 0 spiro atoms. The zero-order chi connectivity index (χ0) is 26.3. The van der Waals surface area contributed by atoms with E-state index in [4.69, 9.17) is 0 Å². The maximum Gasteiger partial charge on any atom is 0.262 e. The van der Waals surface area contributed by atoms with E-state index in [0.717, 1.165) is 30.3 Å². The lowest BCUT2D eigenvalue weighted by Crippen LogP contribution is -2.28. The summed E-state index contributed by atoms with van der Waals surface area (Å²) >= 11 is 0. The Hall–Kier alpha value is -3.99. The van der Waals surface area contributed by atoms with Crippen LogP contribution in [-0.4, -0.2) is 24.3 Å². The molecule has 2 N–H and O–H groups in total. The molecule has 0 aliphatic carbocycles. The fraction of sp³-hybridized carbons (Fsp3) is 0.160. The summed E-state index contributed by atoms with van der Waals surface area (Å²) in [5.74, 6) is -3.04. The molecule has 0 unspecified atom stereocenters. The van der Waals surface area contributed by atoms with Gasteiger partial charge in [0.15, 0.2) is 5.82 Å². The van der Waals surface area contributed by atoms with Gasteiger partial charge in [-0.25, -0.2) is 31.6 Å². The minimum absolute atomic E-state index is 0.0845. The van der Waals surface area contributed by atoms with E-state index in [0.29, 0.717) is 10.9 Å². The molecule has 0 saturated carbocycles. The molecule has 0 aliphatic rings. The van der Waals surface area contributed by atoms with Gasteiger partial charge in [-0.2, -0.15) is 0 Å². The van der Waals surface area contributed by atoms with Crippen LogP contribution in [0.15, 0.2) is 65.7 Å². The van der Waals surface area contributed by atoms with Crippen molar-refractivity contribution in [1.29, 1.82) is 0 Å². The Morgan fingerprint density at radius 1 is 0.972 bits per heavy atom. The number of hydrogen-bond donors (Lipinski definition) is 2. The summed E-state index contributed by atoms with van der Waals surface area (Å²) in [5, 5.41) is 3.05. The summed E-state index contributed by atoms with van der Waals surface area (Å²) in [4.78, 5) is 20.1. The van der Waals surface area contributed by atoms with Gasteiger partial charge in [-0.05, 0) is 48.0 Å². The van der Waals surface area contributed by atoms with E-state index in [9.17, 15) is 22.0 Å². The highest BCUT2D eigenvalue weighted by atomic mass is 32.2. The fourth-order valence-electron chi connectivity index (χ4n) is 3.27. The van der Waals surface area contributed by atoms with Gasteiger partial charge in [0.25, 0.3) is 10.0 Å². The van der Waals surface area contributed by atoms with Crippen molar-refractivity contribution >= 4 is 38.5 Å². The Morgan fingerprint density at radius 2 is 1.72 bits per heavy atom. The van der Waals surface area contributed by atoms with Crippen LogP contribution >= 0.6 is 0 Å². The number of anilines is 2. The molecule has 4 aromatic rings. The number of nitrogens with one attached hydrogen (secondary N) is 2. The van der Waals surface area contributed by atoms with E-state index in [1.165, 1.54) is 30.5 Å². The summed E-state index contributed by atoms with van der Waals surface area (Å²) < 4.78 is 70.8. The number of halogens is 3. The summed E-state index contributed by atoms with van der Waals surface area (Å²) in [6, 6.07) is 10.4. The minimum Gasteiger partial charge on any atom is -0.294 e. The van der Waals surface area contributed by atoms with Crippen molar-refractivity contribution in [2.24, 2.45) is 5.41 Å². The summed E-state index contributed by atoms with van der Waals surface area (Å²) in [7, 11) is -4.34. The van der Waals surface area contributed by atoms with E-state index >= 15 is 4.39 Å². The van der Waals surface area contributed by atoms with Crippen molar-refractivity contribution in [1.82, 2.24) is 9.97 Å². The van der Waals surface area contributed by atoms with Gasteiger partial charge in [-0.3, -0.25) is 14.8 Å². The van der Waals surface area contributed by atoms with Crippen LogP contribution in [0.1, 0.15) is 20.8 Å². The van der Waals surface area contributed by atoms with Gasteiger partial charge < -0.3 is 0 Å². The predicted molar refractivity (Wildman–Crippen MR) is 130 cm³/mol. The van der Waals surface area contributed by atoms with Crippen LogP contribution in [0, 0.1) is 22.9 Å². The zero-order valence-corrected chi connectivity index (χ0v) is 20.3. The fourth-order valence-corrected chi connectivity index (χ4v) is 4.36. The van der Waals surface area contributed by atoms with Gasteiger partial charge in [0, 0.05) is 17.0 Å². The van der Waals surface area contributed by atoms with Crippen LogP contribution in [0.5, 0.6) is 0 Å². The predicted octanol–water partition coefficient (Wildman–Crippen LogP) is 5.50. The molecule has 0 aliphatic heterocycles.